The van der Waals surface area contributed by atoms with Crippen molar-refractivity contribution >= 4 is 59.1 Å². The predicted octanol–water partition coefficient (Wildman–Crippen LogP) is 1.87. The third-order valence-electron chi connectivity index (χ3n) is 10.8. The number of nitrogens with one attached hydrogen (secondary N) is 4. The van der Waals surface area contributed by atoms with Crippen LogP contribution < -0.4 is 27.0 Å². The van der Waals surface area contributed by atoms with Gasteiger partial charge in [0.25, 0.3) is 0 Å². The Balaban J connectivity index is 2.10. The molecule has 17 nitrogen and oxygen atoms in total. The number of carboxylic acids is 2. The van der Waals surface area contributed by atoms with Gasteiger partial charge in [-0.05, 0) is 51.1 Å². The Kier molecular flexibility index (Phi) is 19.2. The van der Waals surface area contributed by atoms with Crippen LogP contribution in [0.2, 0.25) is 0 Å². The molecule has 1 fully saturated rings. The lowest BCUT2D eigenvalue weighted by Crippen LogP contribution is -2.61. The van der Waals surface area contributed by atoms with Gasteiger partial charge in [0.05, 0.1) is 17.3 Å². The summed E-state index contributed by atoms with van der Waals surface area (Å²) in [4.78, 5) is 105. The number of carboxylic acid groups (broad SMARTS) is 2. The molecule has 0 bridgehead atoms. The van der Waals surface area contributed by atoms with Gasteiger partial charge in [-0.1, -0.05) is 83.9 Å². The molecule has 0 aromatic heterocycles. The summed E-state index contributed by atoms with van der Waals surface area (Å²) in [6, 6.07) is 1.26. The first-order valence-corrected chi connectivity index (χ1v) is 21.4. The normalized spacial score (nSPS) is 17.3. The summed E-state index contributed by atoms with van der Waals surface area (Å²) in [7, 11) is 3.30. The maximum atomic E-state index is 14.3. The van der Waals surface area contributed by atoms with E-state index in [2.05, 4.69) is 39.5 Å². The SMILES string of the molecule is CN[C@H](C(=O)NC(C(=O)N(C)[C@H](/C=C(\C)C(=O)N[C@H](CCC(=O)NCCN1C(=O)CC(SC[C@H](N)C(=O)O)C1=O)C(=O)O)C(C)C)C(C)(C)C)C(C)(C)c1cc(C)cc(C)c1. The van der Waals surface area contributed by atoms with Crippen LogP contribution in [0.5, 0.6) is 0 Å². The Morgan fingerprint density at radius 2 is 1.56 bits per heavy atom. The minimum atomic E-state index is -1.44. The number of likely N-dealkylation sites (N-methyl/N-ethyl adjacent to an activating group) is 2. The molecule has 1 aromatic carbocycles. The summed E-state index contributed by atoms with van der Waals surface area (Å²) in [5, 5.41) is 29.2. The van der Waals surface area contributed by atoms with E-state index in [-0.39, 0.29) is 61.4 Å². The largest absolute Gasteiger partial charge is 0.480 e. The zero-order valence-corrected chi connectivity index (χ0v) is 38.5. The van der Waals surface area contributed by atoms with Gasteiger partial charge in [-0.2, -0.15) is 0 Å². The van der Waals surface area contributed by atoms with Gasteiger partial charge in [-0.25, -0.2) is 4.79 Å². The van der Waals surface area contributed by atoms with Crippen LogP contribution in [0.15, 0.2) is 29.8 Å². The number of carbonyl (C=O) groups is 8. The number of benzene rings is 1. The zero-order valence-electron chi connectivity index (χ0n) is 37.6. The number of carbonyl (C=O) groups excluding carboxylic acids is 6. The predicted molar refractivity (Wildman–Crippen MR) is 233 cm³/mol. The zero-order chi connectivity index (χ0) is 46.7. The van der Waals surface area contributed by atoms with E-state index in [0.717, 1.165) is 33.4 Å². The van der Waals surface area contributed by atoms with Crippen LogP contribution >= 0.6 is 11.8 Å². The maximum Gasteiger partial charge on any atom is 0.326 e. The number of amides is 6. The first kappa shape index (κ1) is 52.3. The number of rotatable bonds is 22. The fraction of sp³-hybridized carbons (Fsp3) is 0.628. The van der Waals surface area contributed by atoms with Gasteiger partial charge in [0.2, 0.25) is 35.4 Å². The van der Waals surface area contributed by atoms with E-state index in [4.69, 9.17) is 10.8 Å². The maximum absolute atomic E-state index is 14.3. The average molecular weight is 874 g/mol. The molecule has 1 aromatic rings. The molecule has 0 saturated carbocycles. The average Bonchev–Trinajstić information content (AvgIpc) is 3.42. The molecule has 340 valence electrons. The van der Waals surface area contributed by atoms with Crippen LogP contribution in [-0.4, -0.2) is 136 Å². The van der Waals surface area contributed by atoms with Crippen LogP contribution in [0.25, 0.3) is 0 Å². The minimum absolute atomic E-state index is 0.0551. The van der Waals surface area contributed by atoms with Crippen molar-refractivity contribution in [3.05, 3.63) is 46.5 Å². The number of aryl methyl sites for hydroxylation is 2. The highest BCUT2D eigenvalue weighted by atomic mass is 32.2. The summed E-state index contributed by atoms with van der Waals surface area (Å²) in [6.45, 7) is 18.5. The molecule has 6 atom stereocenters. The molecule has 0 radical (unpaired) electrons. The molecule has 18 heteroatoms. The molecule has 1 aliphatic heterocycles. The topological polar surface area (TPSA) is 258 Å². The van der Waals surface area contributed by atoms with Crippen molar-refractivity contribution < 1.29 is 48.6 Å². The van der Waals surface area contributed by atoms with Crippen molar-refractivity contribution in [1.29, 1.82) is 0 Å². The third-order valence-corrected chi connectivity index (χ3v) is 12.1. The minimum Gasteiger partial charge on any atom is -0.480 e. The lowest BCUT2D eigenvalue weighted by Gasteiger charge is -2.40. The molecule has 0 aliphatic carbocycles. The molecule has 61 heavy (non-hydrogen) atoms. The van der Waals surface area contributed by atoms with Crippen molar-refractivity contribution in [3.8, 4) is 0 Å². The monoisotopic (exact) mass is 873 g/mol. The second-order valence-electron chi connectivity index (χ2n) is 17.8. The lowest BCUT2D eigenvalue weighted by molar-refractivity contribution is -0.142. The Morgan fingerprint density at radius 3 is 2.07 bits per heavy atom. The summed E-state index contributed by atoms with van der Waals surface area (Å²) in [6.07, 6.45) is 0.894. The molecule has 1 aliphatic rings. The molecular formula is C43H67N7O10S. The number of aliphatic carboxylic acids is 2. The van der Waals surface area contributed by atoms with Gasteiger partial charge < -0.3 is 42.1 Å². The van der Waals surface area contributed by atoms with E-state index in [0.29, 0.717) is 0 Å². The molecule has 0 spiro atoms. The van der Waals surface area contributed by atoms with Gasteiger partial charge in [0, 0.05) is 49.7 Å². The van der Waals surface area contributed by atoms with Crippen molar-refractivity contribution in [2.75, 3.05) is 32.9 Å². The van der Waals surface area contributed by atoms with E-state index in [1.807, 2.05) is 62.3 Å². The second kappa shape index (κ2) is 22.3. The quantitative estimate of drug-likeness (QED) is 0.0650. The van der Waals surface area contributed by atoms with Crippen LogP contribution in [-0.2, 0) is 43.8 Å². The molecule has 6 amide bonds. The lowest BCUT2D eigenvalue weighted by atomic mass is 9.76. The van der Waals surface area contributed by atoms with Crippen molar-refractivity contribution in [2.45, 2.75) is 129 Å². The Bertz CT molecular complexity index is 1820. The fourth-order valence-corrected chi connectivity index (χ4v) is 8.26. The van der Waals surface area contributed by atoms with Gasteiger partial charge in [0.1, 0.15) is 18.1 Å². The molecule has 8 N–H and O–H groups in total. The molecule has 1 heterocycles. The number of imide groups is 1. The highest BCUT2D eigenvalue weighted by Gasteiger charge is 2.42. The Labute approximate surface area is 363 Å². The standard InChI is InChI=1S/C43H67N7O10S/c1-23(2)30(49(12)39(56)35(42(6,7)8)48-37(54)34(45-11)43(9,10)27-18-24(3)17-25(4)19-27)20-26(5)36(53)47-29(41(59)60)13-14-32(51)46-15-16-50-33(52)21-31(38(50)55)61-22-28(44)40(57)58/h17-20,23,28-31,34-35,45H,13-16,21-22,44H2,1-12H3,(H,46,51)(H,47,53)(H,48,54)(H,57,58)(H,59,60)/b26-20+/t28-,29+,30+,31?,34+,35?/m0/s1. The highest BCUT2D eigenvalue weighted by Crippen LogP contribution is 2.31. The van der Waals surface area contributed by atoms with E-state index >= 15 is 0 Å². The Morgan fingerprint density at radius 1 is 0.967 bits per heavy atom. The van der Waals surface area contributed by atoms with Crippen molar-refractivity contribution in [2.24, 2.45) is 17.1 Å². The number of nitrogens with zero attached hydrogens (tertiary/aromatic N) is 2. The summed E-state index contributed by atoms with van der Waals surface area (Å²) >= 11 is 0.977. The molecule has 1 saturated heterocycles. The third kappa shape index (κ3) is 14.7. The van der Waals surface area contributed by atoms with Crippen LogP contribution in [0, 0.1) is 25.2 Å². The van der Waals surface area contributed by atoms with Gasteiger partial charge in [-0.15, -0.1) is 11.8 Å². The van der Waals surface area contributed by atoms with Crippen LogP contribution in [0.3, 0.4) is 0 Å². The second-order valence-corrected chi connectivity index (χ2v) is 19.0. The molecular weight excluding hydrogens is 807 g/mol. The highest BCUT2D eigenvalue weighted by molar-refractivity contribution is 8.00. The number of hydrogen-bond donors (Lipinski definition) is 7. The first-order chi connectivity index (χ1) is 28.1. The fourth-order valence-electron chi connectivity index (χ4n) is 7.15. The summed E-state index contributed by atoms with van der Waals surface area (Å²) < 4.78 is 0. The van der Waals surface area contributed by atoms with Crippen LogP contribution in [0.4, 0.5) is 0 Å². The van der Waals surface area contributed by atoms with E-state index in [1.165, 1.54) is 11.8 Å². The van der Waals surface area contributed by atoms with Gasteiger partial charge >= 0.3 is 11.9 Å². The Hall–Kier alpha value is -4.81. The van der Waals surface area contributed by atoms with Crippen molar-refractivity contribution in [3.63, 3.8) is 0 Å². The smallest absolute Gasteiger partial charge is 0.326 e. The summed E-state index contributed by atoms with van der Waals surface area (Å²) in [5.41, 5.74) is 7.37. The molecule has 2 rings (SSSR count). The number of hydrogen-bond acceptors (Lipinski definition) is 11. The van der Waals surface area contributed by atoms with Gasteiger partial charge in [0.15, 0.2) is 0 Å². The van der Waals surface area contributed by atoms with E-state index in [1.54, 1.807) is 20.2 Å². The number of likely N-dealkylation sites (tertiary alicyclic amines) is 1. The molecule has 2 unspecified atom stereocenters. The number of thioether (sulfide) groups is 1. The number of nitrogens with two attached hydrogens (primary N) is 1. The van der Waals surface area contributed by atoms with E-state index in [9.17, 15) is 43.5 Å². The van der Waals surface area contributed by atoms with Crippen LogP contribution in [0.1, 0.15) is 91.3 Å². The summed E-state index contributed by atoms with van der Waals surface area (Å²) in [5.74, 6) is -5.85. The van der Waals surface area contributed by atoms with E-state index < -0.39 is 81.9 Å². The first-order valence-electron chi connectivity index (χ1n) is 20.4. The van der Waals surface area contributed by atoms with Crippen molar-refractivity contribution in [1.82, 2.24) is 31.1 Å². The van der Waals surface area contributed by atoms with Gasteiger partial charge in [-0.3, -0.25) is 38.5 Å².